The van der Waals surface area contributed by atoms with Crippen molar-refractivity contribution in [3.8, 4) is 11.5 Å². The summed E-state index contributed by atoms with van der Waals surface area (Å²) in [6.07, 6.45) is 0. The molecule has 0 aromatic heterocycles. The molecule has 0 aliphatic carbocycles. The van der Waals surface area contributed by atoms with Crippen LogP contribution in [0, 0.1) is 0 Å². The molecule has 0 fully saturated rings. The number of halogens is 1. The Hall–Kier alpha value is -2.34. The number of rotatable bonds is 6. The second kappa shape index (κ2) is 7.78. The summed E-state index contributed by atoms with van der Waals surface area (Å²) >= 11 is 3.36. The van der Waals surface area contributed by atoms with E-state index >= 15 is 0 Å². The molecule has 6 heteroatoms. The van der Waals surface area contributed by atoms with Crippen LogP contribution in [0.4, 0.5) is 5.69 Å². The van der Waals surface area contributed by atoms with Gasteiger partial charge in [-0.2, -0.15) is 0 Å². The van der Waals surface area contributed by atoms with E-state index < -0.39 is 0 Å². The summed E-state index contributed by atoms with van der Waals surface area (Å²) < 4.78 is 11.5. The largest absolute Gasteiger partial charge is 0.493 e. The van der Waals surface area contributed by atoms with Crippen LogP contribution in [0.1, 0.15) is 17.3 Å². The molecule has 0 saturated carbocycles. The summed E-state index contributed by atoms with van der Waals surface area (Å²) in [5.74, 6) is 0.447. The van der Waals surface area contributed by atoms with Crippen LogP contribution in [-0.2, 0) is 4.79 Å². The molecule has 0 bridgehead atoms. The third-order valence-electron chi connectivity index (χ3n) is 3.08. The zero-order valence-corrected chi connectivity index (χ0v) is 14.3. The van der Waals surface area contributed by atoms with Crippen LogP contribution >= 0.6 is 15.9 Å². The number of carbonyl (C=O) groups is 2. The zero-order chi connectivity index (χ0) is 16.8. The molecule has 0 aliphatic heterocycles. The molecule has 0 saturated heterocycles. The fourth-order valence-corrected chi connectivity index (χ4v) is 2.28. The first-order valence-electron chi connectivity index (χ1n) is 6.87. The normalized spacial score (nSPS) is 10.0. The van der Waals surface area contributed by atoms with Gasteiger partial charge in [-0.1, -0.05) is 12.1 Å². The summed E-state index contributed by atoms with van der Waals surface area (Å²) in [4.78, 5) is 23.3. The average Bonchev–Trinajstić information content (AvgIpc) is 2.54. The van der Waals surface area contributed by atoms with Gasteiger partial charge in [0.1, 0.15) is 0 Å². The summed E-state index contributed by atoms with van der Waals surface area (Å²) in [5, 5.41) is 2.74. The molecule has 1 amide bonds. The second-order valence-corrected chi connectivity index (χ2v) is 5.59. The lowest BCUT2D eigenvalue weighted by Crippen LogP contribution is -2.20. The molecule has 0 unspecified atom stereocenters. The predicted octanol–water partition coefficient (Wildman–Crippen LogP) is 3.68. The number of para-hydroxylation sites is 1. The minimum atomic E-state index is -0.297. The van der Waals surface area contributed by atoms with E-state index in [4.69, 9.17) is 9.47 Å². The third kappa shape index (κ3) is 4.56. The van der Waals surface area contributed by atoms with Crippen LogP contribution in [0.15, 0.2) is 46.9 Å². The predicted molar refractivity (Wildman–Crippen MR) is 91.3 cm³/mol. The molecule has 2 aromatic rings. The Bertz CT molecular complexity index is 730. The van der Waals surface area contributed by atoms with Crippen molar-refractivity contribution >= 4 is 33.3 Å². The number of amides is 1. The van der Waals surface area contributed by atoms with Crippen LogP contribution in [-0.4, -0.2) is 25.4 Å². The van der Waals surface area contributed by atoms with Gasteiger partial charge in [0.15, 0.2) is 23.9 Å². The lowest BCUT2D eigenvalue weighted by atomic mass is 10.1. The van der Waals surface area contributed by atoms with Crippen molar-refractivity contribution in [2.75, 3.05) is 19.0 Å². The fourth-order valence-electron chi connectivity index (χ4n) is 1.90. The van der Waals surface area contributed by atoms with E-state index in [1.165, 1.54) is 14.0 Å². The number of hydrogen-bond donors (Lipinski definition) is 1. The quantitative estimate of drug-likeness (QED) is 0.779. The average molecular weight is 378 g/mol. The number of ether oxygens (including phenoxy) is 2. The van der Waals surface area contributed by atoms with Crippen molar-refractivity contribution in [1.82, 2.24) is 0 Å². The second-order valence-electron chi connectivity index (χ2n) is 4.74. The van der Waals surface area contributed by atoms with Gasteiger partial charge in [-0.15, -0.1) is 0 Å². The first kappa shape index (κ1) is 17.0. The molecule has 0 atom stereocenters. The van der Waals surface area contributed by atoms with Gasteiger partial charge in [-0.3, -0.25) is 9.59 Å². The fraction of sp³-hybridized carbons (Fsp3) is 0.176. The highest BCUT2D eigenvalue weighted by molar-refractivity contribution is 9.10. The molecule has 5 nitrogen and oxygen atoms in total. The number of Topliss-reactive ketones (excluding diaryl/α,β-unsaturated/α-hetero) is 1. The molecule has 120 valence electrons. The Morgan fingerprint density at radius 1 is 1.13 bits per heavy atom. The Balaban J connectivity index is 2.01. The number of nitrogens with one attached hydrogen (secondary N) is 1. The van der Waals surface area contributed by atoms with Gasteiger partial charge in [0.2, 0.25) is 0 Å². The monoisotopic (exact) mass is 377 g/mol. The highest BCUT2D eigenvalue weighted by atomic mass is 79.9. The van der Waals surface area contributed by atoms with Gasteiger partial charge in [0.05, 0.1) is 12.8 Å². The molecule has 0 aliphatic rings. The van der Waals surface area contributed by atoms with Crippen molar-refractivity contribution < 1.29 is 19.1 Å². The van der Waals surface area contributed by atoms with Crippen LogP contribution in [0.5, 0.6) is 11.5 Å². The molecular formula is C17H16BrNO4. The summed E-state index contributed by atoms with van der Waals surface area (Å²) in [7, 11) is 1.48. The Kier molecular flexibility index (Phi) is 5.76. The highest BCUT2D eigenvalue weighted by Gasteiger charge is 2.11. The maximum atomic E-state index is 12.0. The van der Waals surface area contributed by atoms with Gasteiger partial charge in [0.25, 0.3) is 5.91 Å². The molecule has 2 aromatic carbocycles. The van der Waals surface area contributed by atoms with E-state index in [-0.39, 0.29) is 18.3 Å². The van der Waals surface area contributed by atoms with E-state index in [0.717, 1.165) is 4.47 Å². The minimum Gasteiger partial charge on any atom is -0.493 e. The van der Waals surface area contributed by atoms with Crippen molar-refractivity contribution in [2.45, 2.75) is 6.92 Å². The number of benzene rings is 2. The van der Waals surface area contributed by atoms with Crippen molar-refractivity contribution in [2.24, 2.45) is 0 Å². The van der Waals surface area contributed by atoms with Gasteiger partial charge < -0.3 is 14.8 Å². The molecule has 23 heavy (non-hydrogen) atoms. The summed E-state index contributed by atoms with van der Waals surface area (Å²) in [6, 6.07) is 12.1. The lowest BCUT2D eigenvalue weighted by Gasteiger charge is -2.12. The number of methoxy groups -OCH3 is 1. The van der Waals surface area contributed by atoms with E-state index in [9.17, 15) is 9.59 Å². The van der Waals surface area contributed by atoms with Crippen LogP contribution < -0.4 is 14.8 Å². The Labute approximate surface area is 142 Å². The molecule has 1 N–H and O–H groups in total. The van der Waals surface area contributed by atoms with E-state index in [0.29, 0.717) is 22.7 Å². The topological polar surface area (TPSA) is 64.6 Å². The van der Waals surface area contributed by atoms with Gasteiger partial charge in [0, 0.05) is 10.0 Å². The number of ketones is 1. The number of carbonyl (C=O) groups excluding carboxylic acids is 2. The van der Waals surface area contributed by atoms with Crippen LogP contribution in [0.2, 0.25) is 0 Å². The van der Waals surface area contributed by atoms with E-state index in [1.54, 1.807) is 24.3 Å². The van der Waals surface area contributed by atoms with Crippen LogP contribution in [0.25, 0.3) is 0 Å². The van der Waals surface area contributed by atoms with E-state index in [1.807, 2.05) is 18.2 Å². The maximum Gasteiger partial charge on any atom is 0.262 e. The molecule has 2 rings (SSSR count). The zero-order valence-electron chi connectivity index (χ0n) is 12.8. The van der Waals surface area contributed by atoms with Gasteiger partial charge in [-0.05, 0) is 53.2 Å². The highest BCUT2D eigenvalue weighted by Crippen LogP contribution is 2.28. The summed E-state index contributed by atoms with van der Waals surface area (Å²) in [6.45, 7) is 1.30. The molecule has 0 radical (unpaired) electrons. The maximum absolute atomic E-state index is 12.0. The Morgan fingerprint density at radius 2 is 1.87 bits per heavy atom. The van der Waals surface area contributed by atoms with E-state index in [2.05, 4.69) is 21.2 Å². The third-order valence-corrected chi connectivity index (χ3v) is 3.77. The lowest BCUT2D eigenvalue weighted by molar-refractivity contribution is -0.118. The van der Waals surface area contributed by atoms with Crippen molar-refractivity contribution in [1.29, 1.82) is 0 Å². The van der Waals surface area contributed by atoms with Gasteiger partial charge in [-0.25, -0.2) is 0 Å². The number of hydrogen-bond acceptors (Lipinski definition) is 4. The first-order valence-corrected chi connectivity index (χ1v) is 7.66. The molecule has 0 heterocycles. The molecular weight excluding hydrogens is 362 g/mol. The Morgan fingerprint density at radius 3 is 2.52 bits per heavy atom. The van der Waals surface area contributed by atoms with Crippen molar-refractivity contribution in [3.05, 3.63) is 52.5 Å². The van der Waals surface area contributed by atoms with Gasteiger partial charge >= 0.3 is 0 Å². The first-order chi connectivity index (χ1) is 11.0. The van der Waals surface area contributed by atoms with Crippen molar-refractivity contribution in [3.63, 3.8) is 0 Å². The molecule has 0 spiro atoms. The summed E-state index contributed by atoms with van der Waals surface area (Å²) in [5.41, 5.74) is 1.19. The van der Waals surface area contributed by atoms with Crippen LogP contribution in [0.3, 0.4) is 0 Å². The number of anilines is 1. The smallest absolute Gasteiger partial charge is 0.262 e. The standard InChI is InChI=1S/C17H16BrNO4/c1-11(20)12-7-8-15(16(9-12)22-2)23-10-17(21)19-14-6-4-3-5-13(14)18/h3-9H,10H2,1-2H3,(H,19,21). The SMILES string of the molecule is COc1cc(C(C)=O)ccc1OCC(=O)Nc1ccccc1Br. The minimum absolute atomic E-state index is 0.0680.